The number of fused-ring (bicyclic) bond motifs is 1. The lowest BCUT2D eigenvalue weighted by Gasteiger charge is -2.37. The average Bonchev–Trinajstić information content (AvgIpc) is 3.06. The number of benzene rings is 1. The van der Waals surface area contributed by atoms with Crippen LogP contribution in [-0.2, 0) is 11.0 Å². The number of halogens is 3. The van der Waals surface area contributed by atoms with Crippen LogP contribution in [0.25, 0.3) is 0 Å². The van der Waals surface area contributed by atoms with Crippen molar-refractivity contribution in [1.29, 1.82) is 0 Å². The van der Waals surface area contributed by atoms with Crippen LogP contribution in [0.5, 0.6) is 0 Å². The summed E-state index contributed by atoms with van der Waals surface area (Å²) in [5.41, 5.74) is -0.622. The molecule has 5 atom stereocenters. The first-order valence-electron chi connectivity index (χ1n) is 8.46. The van der Waals surface area contributed by atoms with E-state index in [1.165, 1.54) is 12.1 Å². The third kappa shape index (κ3) is 4.27. The first-order valence-corrected chi connectivity index (χ1v) is 9.34. The van der Waals surface area contributed by atoms with Crippen LogP contribution in [0.4, 0.5) is 18.9 Å². The van der Waals surface area contributed by atoms with E-state index in [1.54, 1.807) is 0 Å². The van der Waals surface area contributed by atoms with E-state index < -0.39 is 41.2 Å². The summed E-state index contributed by atoms with van der Waals surface area (Å²) in [5, 5.41) is 25.5. The SMILES string of the molecule is C#CCNC(=O)[C@@H]1C[C@@H](O)[C@H](O)[C@H]2N=C(Nc3cccc(C(F)(F)F)c3)S[C@@H]21. The van der Waals surface area contributed by atoms with E-state index in [2.05, 4.69) is 21.5 Å². The zero-order valence-corrected chi connectivity index (χ0v) is 15.3. The number of hydrogen-bond acceptors (Lipinski definition) is 6. The number of nitrogens with zero attached hydrogens (tertiary/aromatic N) is 1. The number of aliphatic hydroxyl groups is 2. The standard InChI is InChI=1S/C18H18F3N3O3S/c1-2-6-22-16(27)11-8-12(25)14(26)13-15(11)28-17(24-13)23-10-5-3-4-9(7-10)18(19,20)21/h1,3-5,7,11-15,25-26H,6,8H2,(H,22,27)(H,23,24)/t11-,12-,13-,14+,15-/m1/s1. The molecule has 1 heterocycles. The van der Waals surface area contributed by atoms with E-state index in [0.29, 0.717) is 0 Å². The molecule has 0 radical (unpaired) electrons. The third-order valence-electron chi connectivity index (χ3n) is 4.63. The summed E-state index contributed by atoms with van der Waals surface area (Å²) in [4.78, 5) is 16.7. The Morgan fingerprint density at radius 2 is 2.14 bits per heavy atom. The maximum absolute atomic E-state index is 12.9. The van der Waals surface area contributed by atoms with Crippen molar-refractivity contribution in [3.63, 3.8) is 0 Å². The smallest absolute Gasteiger partial charge is 0.390 e. The molecule has 2 aliphatic rings. The molecule has 1 aliphatic carbocycles. The minimum atomic E-state index is -4.48. The van der Waals surface area contributed by atoms with E-state index in [-0.39, 0.29) is 29.7 Å². The number of hydrogen-bond donors (Lipinski definition) is 4. The summed E-state index contributed by atoms with van der Waals surface area (Å²) in [7, 11) is 0. The fraction of sp³-hybridized carbons (Fsp3) is 0.444. The number of terminal acetylenes is 1. The van der Waals surface area contributed by atoms with Crippen molar-refractivity contribution in [2.45, 2.75) is 36.1 Å². The van der Waals surface area contributed by atoms with Gasteiger partial charge in [-0.25, -0.2) is 0 Å². The van der Waals surface area contributed by atoms with Gasteiger partial charge in [0.25, 0.3) is 0 Å². The Hall–Kier alpha value is -2.22. The maximum atomic E-state index is 12.9. The minimum absolute atomic E-state index is 0.0340. The molecule has 1 aromatic carbocycles. The molecule has 1 amide bonds. The predicted octanol–water partition coefficient (Wildman–Crippen LogP) is 1.45. The van der Waals surface area contributed by atoms with Crippen molar-refractivity contribution >= 4 is 28.5 Å². The number of anilines is 1. The van der Waals surface area contributed by atoms with Gasteiger partial charge in [-0.2, -0.15) is 13.2 Å². The van der Waals surface area contributed by atoms with Gasteiger partial charge in [0.2, 0.25) is 5.91 Å². The Morgan fingerprint density at radius 3 is 2.82 bits per heavy atom. The molecular formula is C18H18F3N3O3S. The van der Waals surface area contributed by atoms with Gasteiger partial charge in [-0.15, -0.1) is 6.42 Å². The molecule has 3 rings (SSSR count). The largest absolute Gasteiger partial charge is 0.416 e. The van der Waals surface area contributed by atoms with Gasteiger partial charge in [0, 0.05) is 10.9 Å². The van der Waals surface area contributed by atoms with Gasteiger partial charge in [-0.1, -0.05) is 23.7 Å². The molecule has 28 heavy (non-hydrogen) atoms. The normalized spacial score (nSPS) is 29.4. The number of thioether (sulfide) groups is 1. The summed E-state index contributed by atoms with van der Waals surface area (Å²) in [6.07, 6.45) is -1.60. The van der Waals surface area contributed by atoms with Crippen molar-refractivity contribution in [2.75, 3.05) is 11.9 Å². The molecule has 0 aromatic heterocycles. The summed E-state index contributed by atoms with van der Waals surface area (Å²) in [6, 6.07) is 3.88. The Morgan fingerprint density at radius 1 is 1.39 bits per heavy atom. The van der Waals surface area contributed by atoms with Crippen LogP contribution in [0.3, 0.4) is 0 Å². The third-order valence-corrected chi connectivity index (χ3v) is 5.94. The second-order valence-electron chi connectivity index (χ2n) is 6.53. The molecule has 1 aliphatic heterocycles. The first kappa shape index (κ1) is 20.5. The lowest BCUT2D eigenvalue weighted by atomic mass is 9.81. The zero-order valence-electron chi connectivity index (χ0n) is 14.5. The second-order valence-corrected chi connectivity index (χ2v) is 7.70. The molecule has 6 nitrogen and oxygen atoms in total. The first-order chi connectivity index (χ1) is 13.2. The van der Waals surface area contributed by atoms with Crippen molar-refractivity contribution < 1.29 is 28.2 Å². The summed E-state index contributed by atoms with van der Waals surface area (Å²) in [6.45, 7) is 0.0340. The number of aliphatic hydroxyl groups excluding tert-OH is 2. The molecule has 1 saturated carbocycles. The Labute approximate surface area is 163 Å². The molecule has 1 aromatic rings. The number of alkyl halides is 3. The van der Waals surface area contributed by atoms with E-state index in [9.17, 15) is 28.2 Å². The van der Waals surface area contributed by atoms with Crippen molar-refractivity contribution in [1.82, 2.24) is 5.32 Å². The average molecular weight is 413 g/mol. The molecule has 4 N–H and O–H groups in total. The lowest BCUT2D eigenvalue weighted by molar-refractivity contribution is -0.137. The number of nitrogens with one attached hydrogen (secondary N) is 2. The predicted molar refractivity (Wildman–Crippen MR) is 99.6 cm³/mol. The van der Waals surface area contributed by atoms with Crippen LogP contribution in [-0.4, -0.2) is 51.3 Å². The second kappa shape index (κ2) is 8.03. The molecular weight excluding hydrogens is 395 g/mol. The number of carbonyl (C=O) groups is 1. The number of rotatable bonds is 3. The van der Waals surface area contributed by atoms with Crippen LogP contribution in [0, 0.1) is 18.3 Å². The Balaban J connectivity index is 1.77. The quantitative estimate of drug-likeness (QED) is 0.563. The van der Waals surface area contributed by atoms with Crippen LogP contribution in [0.2, 0.25) is 0 Å². The summed E-state index contributed by atoms with van der Waals surface area (Å²) < 4.78 is 38.6. The van der Waals surface area contributed by atoms with Crippen LogP contribution in [0.15, 0.2) is 29.3 Å². The number of aliphatic imine (C=N–C) groups is 1. The van der Waals surface area contributed by atoms with Gasteiger partial charge in [0.15, 0.2) is 5.17 Å². The van der Waals surface area contributed by atoms with Gasteiger partial charge >= 0.3 is 6.18 Å². The molecule has 1 fully saturated rings. The van der Waals surface area contributed by atoms with Gasteiger partial charge in [-0.05, 0) is 24.6 Å². The van der Waals surface area contributed by atoms with Crippen LogP contribution in [0.1, 0.15) is 12.0 Å². The summed E-state index contributed by atoms with van der Waals surface area (Å²) >= 11 is 1.15. The van der Waals surface area contributed by atoms with Gasteiger partial charge in [0.05, 0.1) is 30.2 Å². The molecule has 0 unspecified atom stereocenters. The minimum Gasteiger partial charge on any atom is -0.390 e. The van der Waals surface area contributed by atoms with Gasteiger partial charge < -0.3 is 20.8 Å². The number of amides is 1. The molecule has 150 valence electrons. The molecule has 0 spiro atoms. The van der Waals surface area contributed by atoms with Crippen molar-refractivity contribution in [3.8, 4) is 12.3 Å². The van der Waals surface area contributed by atoms with E-state index in [1.807, 2.05) is 0 Å². The molecule has 10 heteroatoms. The monoisotopic (exact) mass is 413 g/mol. The van der Waals surface area contributed by atoms with E-state index >= 15 is 0 Å². The maximum Gasteiger partial charge on any atom is 0.416 e. The van der Waals surface area contributed by atoms with Crippen molar-refractivity contribution in [3.05, 3.63) is 29.8 Å². The van der Waals surface area contributed by atoms with E-state index in [4.69, 9.17) is 6.42 Å². The summed E-state index contributed by atoms with van der Waals surface area (Å²) in [5.74, 6) is 1.29. The zero-order chi connectivity index (χ0) is 20.5. The van der Waals surface area contributed by atoms with Crippen molar-refractivity contribution in [2.24, 2.45) is 10.9 Å². The highest BCUT2D eigenvalue weighted by Gasteiger charge is 2.50. The van der Waals surface area contributed by atoms with Gasteiger partial charge in [0.1, 0.15) is 6.10 Å². The van der Waals surface area contributed by atoms with Crippen LogP contribution >= 0.6 is 11.8 Å². The number of carbonyl (C=O) groups excluding carboxylic acids is 1. The fourth-order valence-electron chi connectivity index (χ4n) is 3.27. The highest BCUT2D eigenvalue weighted by atomic mass is 32.2. The number of amidine groups is 1. The van der Waals surface area contributed by atoms with Crippen LogP contribution < -0.4 is 10.6 Å². The Bertz CT molecular complexity index is 824. The molecule has 0 bridgehead atoms. The topological polar surface area (TPSA) is 94.0 Å². The highest BCUT2D eigenvalue weighted by molar-refractivity contribution is 8.15. The van der Waals surface area contributed by atoms with Gasteiger partial charge in [-0.3, -0.25) is 9.79 Å². The van der Waals surface area contributed by atoms with E-state index in [0.717, 1.165) is 23.9 Å². The Kier molecular flexibility index (Phi) is 5.88. The molecule has 0 saturated heterocycles. The fourth-order valence-corrected chi connectivity index (χ4v) is 4.65. The highest BCUT2D eigenvalue weighted by Crippen LogP contribution is 2.41. The lowest BCUT2D eigenvalue weighted by Crippen LogP contribution is -2.54.